The summed E-state index contributed by atoms with van der Waals surface area (Å²) in [5, 5.41) is 9.87. The van der Waals surface area contributed by atoms with Gasteiger partial charge in [-0.25, -0.2) is 4.98 Å². The summed E-state index contributed by atoms with van der Waals surface area (Å²) >= 11 is 0. The van der Waals surface area contributed by atoms with Gasteiger partial charge >= 0.3 is 0 Å². The Hall–Kier alpha value is -2.99. The fraction of sp³-hybridized carbons (Fsp3) is 0.269. The summed E-state index contributed by atoms with van der Waals surface area (Å²) < 4.78 is 7.61. The zero-order valence-electron chi connectivity index (χ0n) is 17.7. The molecule has 4 aromatic rings. The van der Waals surface area contributed by atoms with E-state index in [4.69, 9.17) is 4.74 Å². The van der Waals surface area contributed by atoms with Crippen LogP contribution in [0.4, 0.5) is 0 Å². The van der Waals surface area contributed by atoms with Crippen LogP contribution in [0.2, 0.25) is 0 Å². The van der Waals surface area contributed by atoms with E-state index >= 15 is 0 Å². The summed E-state index contributed by atoms with van der Waals surface area (Å²) in [7, 11) is 0. The van der Waals surface area contributed by atoms with E-state index in [2.05, 4.69) is 63.0 Å². The Morgan fingerprint density at radius 2 is 1.84 bits per heavy atom. The molecule has 1 aliphatic heterocycles. The molecule has 1 aromatic heterocycles. The highest BCUT2D eigenvalue weighted by Gasteiger charge is 2.14. The van der Waals surface area contributed by atoms with Crippen LogP contribution in [0.5, 0.6) is 0 Å². The van der Waals surface area contributed by atoms with Crippen LogP contribution in [0, 0.1) is 0 Å². The first-order valence-electron chi connectivity index (χ1n) is 10.8. The van der Waals surface area contributed by atoms with Crippen molar-refractivity contribution in [3.05, 3.63) is 84.2 Å². The lowest BCUT2D eigenvalue weighted by atomic mass is 9.98. The highest BCUT2D eigenvalue weighted by molar-refractivity contribution is 5.79. The molecule has 1 unspecified atom stereocenters. The smallest absolute Gasteiger partial charge is 0.100 e. The Labute approximate surface area is 182 Å². The lowest BCUT2D eigenvalue weighted by Crippen LogP contribution is -2.35. The maximum atomic E-state index is 9.87. The predicted octanol–water partition coefficient (Wildman–Crippen LogP) is 4.58. The molecular weight excluding hydrogens is 386 g/mol. The van der Waals surface area contributed by atoms with E-state index < -0.39 is 6.10 Å². The number of aliphatic hydroxyl groups excluding tert-OH is 1. The summed E-state index contributed by atoms with van der Waals surface area (Å²) in [4.78, 5) is 7.02. The first kappa shape index (κ1) is 19.9. The van der Waals surface area contributed by atoms with Crippen LogP contribution in [0.1, 0.15) is 24.2 Å². The van der Waals surface area contributed by atoms with Gasteiger partial charge in [-0.2, -0.15) is 0 Å². The topological polar surface area (TPSA) is 50.5 Å². The highest BCUT2D eigenvalue weighted by atomic mass is 16.5. The number of rotatable bonds is 5. The van der Waals surface area contributed by atoms with Crippen LogP contribution >= 0.6 is 0 Å². The molecule has 0 amide bonds. The Balaban J connectivity index is 1.50. The summed E-state index contributed by atoms with van der Waals surface area (Å²) in [6.45, 7) is 6.27. The van der Waals surface area contributed by atoms with Crippen LogP contribution in [0.3, 0.4) is 0 Å². The van der Waals surface area contributed by atoms with E-state index in [0.717, 1.165) is 55.1 Å². The zero-order chi connectivity index (χ0) is 21.2. The van der Waals surface area contributed by atoms with Crippen molar-refractivity contribution in [3.63, 3.8) is 0 Å². The molecule has 1 fully saturated rings. The standard InChI is InChI=1S/C26H27N3O2/c1-19(30)20-9-10-26-25(16-20)27-18-29(26)23-7-4-6-21(15-23)24-8-3-2-5-22(24)17-28-11-13-31-14-12-28/h2-10,15-16,18-19,30H,11-14,17H2,1H3. The van der Waals surface area contributed by atoms with E-state index in [9.17, 15) is 5.11 Å². The molecule has 0 spiro atoms. The van der Waals surface area contributed by atoms with Gasteiger partial charge in [-0.15, -0.1) is 0 Å². The molecule has 31 heavy (non-hydrogen) atoms. The summed E-state index contributed by atoms with van der Waals surface area (Å²) in [6, 6.07) is 23.2. The van der Waals surface area contributed by atoms with Gasteiger partial charge in [-0.1, -0.05) is 42.5 Å². The second-order valence-electron chi connectivity index (χ2n) is 8.13. The van der Waals surface area contributed by atoms with Gasteiger partial charge in [0.2, 0.25) is 0 Å². The van der Waals surface area contributed by atoms with E-state index in [1.165, 1.54) is 16.7 Å². The van der Waals surface area contributed by atoms with Crippen LogP contribution < -0.4 is 0 Å². The fourth-order valence-corrected chi connectivity index (χ4v) is 4.26. The van der Waals surface area contributed by atoms with Crippen molar-refractivity contribution in [3.8, 4) is 16.8 Å². The highest BCUT2D eigenvalue weighted by Crippen LogP contribution is 2.29. The van der Waals surface area contributed by atoms with E-state index in [1.54, 1.807) is 6.92 Å². The second-order valence-corrected chi connectivity index (χ2v) is 8.13. The van der Waals surface area contributed by atoms with Gasteiger partial charge in [-0.3, -0.25) is 9.47 Å². The molecule has 1 saturated heterocycles. The number of benzene rings is 3. The Kier molecular flexibility index (Phi) is 5.55. The minimum atomic E-state index is -0.499. The molecule has 5 nitrogen and oxygen atoms in total. The number of nitrogens with zero attached hydrogens (tertiary/aromatic N) is 3. The van der Waals surface area contributed by atoms with Crippen molar-refractivity contribution >= 4 is 11.0 Å². The van der Waals surface area contributed by atoms with Gasteiger partial charge < -0.3 is 9.84 Å². The van der Waals surface area contributed by atoms with Gasteiger partial charge in [0, 0.05) is 25.3 Å². The number of hydrogen-bond donors (Lipinski definition) is 1. The predicted molar refractivity (Wildman–Crippen MR) is 123 cm³/mol. The third kappa shape index (κ3) is 4.12. The molecule has 158 valence electrons. The Morgan fingerprint density at radius 3 is 2.68 bits per heavy atom. The van der Waals surface area contributed by atoms with Crippen LogP contribution in [-0.2, 0) is 11.3 Å². The number of ether oxygens (including phenoxy) is 1. The number of hydrogen-bond acceptors (Lipinski definition) is 4. The maximum absolute atomic E-state index is 9.87. The minimum Gasteiger partial charge on any atom is -0.389 e. The Bertz CT molecular complexity index is 1190. The van der Waals surface area contributed by atoms with Crippen LogP contribution in [0.25, 0.3) is 27.8 Å². The molecule has 1 aliphatic rings. The van der Waals surface area contributed by atoms with Crippen molar-refractivity contribution in [2.45, 2.75) is 19.6 Å². The van der Waals surface area contributed by atoms with Gasteiger partial charge in [0.15, 0.2) is 0 Å². The van der Waals surface area contributed by atoms with E-state index in [0.29, 0.717) is 0 Å². The molecule has 0 bridgehead atoms. The summed E-state index contributed by atoms with van der Waals surface area (Å²) in [6.07, 6.45) is 1.36. The normalized spacial score (nSPS) is 15.9. The minimum absolute atomic E-state index is 0.499. The number of imidazole rings is 1. The third-order valence-electron chi connectivity index (χ3n) is 6.00. The van der Waals surface area contributed by atoms with Gasteiger partial charge in [-0.05, 0) is 53.4 Å². The van der Waals surface area contributed by atoms with Gasteiger partial charge in [0.25, 0.3) is 0 Å². The Morgan fingerprint density at radius 1 is 1.00 bits per heavy atom. The molecule has 1 atom stereocenters. The monoisotopic (exact) mass is 413 g/mol. The van der Waals surface area contributed by atoms with E-state index in [-0.39, 0.29) is 0 Å². The molecule has 5 rings (SSSR count). The lowest BCUT2D eigenvalue weighted by molar-refractivity contribution is 0.0342. The average Bonchev–Trinajstić information content (AvgIpc) is 3.23. The number of fused-ring (bicyclic) bond motifs is 1. The molecule has 3 aromatic carbocycles. The third-order valence-corrected chi connectivity index (χ3v) is 6.00. The number of morpholine rings is 1. The van der Waals surface area contributed by atoms with Crippen molar-refractivity contribution < 1.29 is 9.84 Å². The van der Waals surface area contributed by atoms with Crippen molar-refractivity contribution in [2.24, 2.45) is 0 Å². The van der Waals surface area contributed by atoms with E-state index in [1.807, 2.05) is 24.5 Å². The largest absolute Gasteiger partial charge is 0.389 e. The number of aromatic nitrogens is 2. The lowest BCUT2D eigenvalue weighted by Gasteiger charge is -2.27. The molecule has 0 aliphatic carbocycles. The first-order chi connectivity index (χ1) is 15.2. The van der Waals surface area contributed by atoms with Crippen molar-refractivity contribution in [1.82, 2.24) is 14.5 Å². The first-order valence-corrected chi connectivity index (χ1v) is 10.8. The molecule has 2 heterocycles. The fourth-order valence-electron chi connectivity index (χ4n) is 4.26. The van der Waals surface area contributed by atoms with Crippen LogP contribution in [0.15, 0.2) is 73.1 Å². The second kappa shape index (κ2) is 8.63. The average molecular weight is 414 g/mol. The van der Waals surface area contributed by atoms with Crippen LogP contribution in [-0.4, -0.2) is 45.9 Å². The zero-order valence-corrected chi connectivity index (χ0v) is 17.7. The quantitative estimate of drug-likeness (QED) is 0.520. The van der Waals surface area contributed by atoms with Crippen molar-refractivity contribution in [2.75, 3.05) is 26.3 Å². The molecule has 0 radical (unpaired) electrons. The van der Waals surface area contributed by atoms with Crippen molar-refractivity contribution in [1.29, 1.82) is 0 Å². The SMILES string of the molecule is CC(O)c1ccc2c(c1)ncn2-c1cccc(-c2ccccc2CN2CCOCC2)c1. The van der Waals surface area contributed by atoms with Gasteiger partial charge in [0.1, 0.15) is 6.33 Å². The molecule has 5 heteroatoms. The molecular formula is C26H27N3O2. The summed E-state index contributed by atoms with van der Waals surface area (Å²) in [5.41, 5.74) is 7.66. The maximum Gasteiger partial charge on any atom is 0.100 e. The molecule has 0 saturated carbocycles. The summed E-state index contributed by atoms with van der Waals surface area (Å²) in [5.74, 6) is 0. The number of aliphatic hydroxyl groups is 1. The molecule has 1 N–H and O–H groups in total. The van der Waals surface area contributed by atoms with Gasteiger partial charge in [0.05, 0.1) is 30.4 Å².